The van der Waals surface area contributed by atoms with Gasteiger partial charge < -0.3 is 9.84 Å². The molecule has 0 fully saturated rings. The van der Waals surface area contributed by atoms with Gasteiger partial charge in [0.25, 0.3) is 0 Å². The van der Waals surface area contributed by atoms with Crippen LogP contribution in [0.25, 0.3) is 0 Å². The molecular weight excluding hydrogens is 432 g/mol. The number of phenolic OH excluding ortho intramolecular Hbond substituents is 1. The first-order valence-corrected chi connectivity index (χ1v) is 14.6. The Morgan fingerprint density at radius 3 is 1.34 bits per heavy atom. The Bertz CT molecular complexity index is 686. The minimum atomic E-state index is -0.235. The second-order valence-corrected chi connectivity index (χ2v) is 12.5. The first-order chi connectivity index (χ1) is 16.5. The highest BCUT2D eigenvalue weighted by molar-refractivity contribution is 5.72. The molecule has 202 valence electrons. The minimum absolute atomic E-state index is 0.176. The summed E-state index contributed by atoms with van der Waals surface area (Å²) in [5.41, 5.74) is 1.17. The number of ether oxygens (including phenoxy) is 1. The molecule has 0 aliphatic heterocycles. The third kappa shape index (κ3) is 13.4. The lowest BCUT2D eigenvalue weighted by molar-refractivity contribution is -0.134. The van der Waals surface area contributed by atoms with Crippen molar-refractivity contribution < 1.29 is 14.6 Å². The van der Waals surface area contributed by atoms with Gasteiger partial charge >= 0.3 is 5.97 Å². The number of carbonyl (C=O) groups excluding carboxylic acids is 1. The van der Waals surface area contributed by atoms with Crippen molar-refractivity contribution >= 4 is 5.97 Å². The van der Waals surface area contributed by atoms with Crippen LogP contribution >= 0.6 is 0 Å². The van der Waals surface area contributed by atoms with Gasteiger partial charge in [-0.25, -0.2) is 0 Å². The normalized spacial score (nSPS) is 12.2. The second-order valence-electron chi connectivity index (χ2n) is 12.5. The van der Waals surface area contributed by atoms with Gasteiger partial charge in [-0.3, -0.25) is 4.79 Å². The largest absolute Gasteiger partial charge is 0.507 e. The smallest absolute Gasteiger partial charge is 0.311 e. The van der Waals surface area contributed by atoms with Crippen molar-refractivity contribution in [1.29, 1.82) is 0 Å². The summed E-state index contributed by atoms with van der Waals surface area (Å²) in [7, 11) is 0. The number of aromatic hydroxyl groups is 1. The third-order valence-electron chi connectivity index (χ3n) is 6.92. The standard InChI is InChI=1S/C32H56O3/c1-8-9-10-11-12-13-14-15-16-17-18-19-20-21-22-23-29(33)35-26-24-27(31(2,3)4)30(34)28(25-26)32(5,6)7/h24-25,34H,8-23H2,1-7H3. The van der Waals surface area contributed by atoms with Crippen LogP contribution in [-0.2, 0) is 15.6 Å². The molecule has 3 heteroatoms. The Morgan fingerprint density at radius 1 is 0.657 bits per heavy atom. The van der Waals surface area contributed by atoms with E-state index in [4.69, 9.17) is 4.74 Å². The van der Waals surface area contributed by atoms with Gasteiger partial charge in [-0.1, -0.05) is 138 Å². The zero-order chi connectivity index (χ0) is 26.3. The van der Waals surface area contributed by atoms with E-state index in [9.17, 15) is 9.90 Å². The molecular formula is C32H56O3. The summed E-state index contributed by atoms with van der Waals surface area (Å²) in [6, 6.07) is 3.66. The summed E-state index contributed by atoms with van der Waals surface area (Å²) < 4.78 is 5.71. The quantitative estimate of drug-likeness (QED) is 0.135. The van der Waals surface area contributed by atoms with Crippen LogP contribution in [0.15, 0.2) is 12.1 Å². The van der Waals surface area contributed by atoms with Crippen molar-refractivity contribution in [3.05, 3.63) is 23.3 Å². The molecule has 35 heavy (non-hydrogen) atoms. The summed E-state index contributed by atoms with van der Waals surface area (Å²) in [6.07, 6.45) is 20.2. The average molecular weight is 489 g/mol. The molecule has 0 aromatic heterocycles. The van der Waals surface area contributed by atoms with Gasteiger partial charge in [0.05, 0.1) is 0 Å². The lowest BCUT2D eigenvalue weighted by atomic mass is 9.79. The summed E-state index contributed by atoms with van der Waals surface area (Å²) >= 11 is 0. The van der Waals surface area contributed by atoms with Crippen LogP contribution in [0.4, 0.5) is 0 Å². The van der Waals surface area contributed by atoms with E-state index in [1.54, 1.807) is 0 Å². The molecule has 1 aromatic carbocycles. The fraction of sp³-hybridized carbons (Fsp3) is 0.781. The predicted octanol–water partition coefficient (Wildman–Crippen LogP) is 10.2. The van der Waals surface area contributed by atoms with Crippen molar-refractivity contribution in [3.63, 3.8) is 0 Å². The van der Waals surface area contributed by atoms with E-state index in [0.29, 0.717) is 17.9 Å². The van der Waals surface area contributed by atoms with Crippen LogP contribution in [0.1, 0.15) is 162 Å². The fourth-order valence-electron chi connectivity index (χ4n) is 4.63. The number of phenols is 1. The van der Waals surface area contributed by atoms with E-state index in [1.165, 1.54) is 83.5 Å². The molecule has 1 N–H and O–H groups in total. The summed E-state index contributed by atoms with van der Waals surface area (Å²) in [4.78, 5) is 12.5. The second kappa shape index (κ2) is 16.3. The van der Waals surface area contributed by atoms with Crippen molar-refractivity contribution in [2.75, 3.05) is 0 Å². The van der Waals surface area contributed by atoms with E-state index in [1.807, 2.05) is 12.1 Å². The molecule has 0 spiro atoms. The monoisotopic (exact) mass is 488 g/mol. The van der Waals surface area contributed by atoms with Crippen LogP contribution in [0.5, 0.6) is 11.5 Å². The Balaban J connectivity index is 2.24. The highest BCUT2D eigenvalue weighted by Gasteiger charge is 2.27. The molecule has 0 unspecified atom stereocenters. The summed E-state index contributed by atoms with van der Waals surface area (Å²) in [6.45, 7) is 14.7. The van der Waals surface area contributed by atoms with Crippen LogP contribution < -0.4 is 4.74 Å². The van der Waals surface area contributed by atoms with Crippen molar-refractivity contribution in [1.82, 2.24) is 0 Å². The zero-order valence-electron chi connectivity index (χ0n) is 24.2. The van der Waals surface area contributed by atoms with E-state index >= 15 is 0 Å². The molecule has 0 saturated heterocycles. The number of hydrogen-bond donors (Lipinski definition) is 1. The van der Waals surface area contributed by atoms with Gasteiger partial charge in [0.1, 0.15) is 11.5 Å². The highest BCUT2D eigenvalue weighted by atomic mass is 16.5. The number of esters is 1. The SMILES string of the molecule is CCCCCCCCCCCCCCCCCC(=O)Oc1cc(C(C)(C)C)c(O)c(C(C)(C)C)c1. The number of hydrogen-bond acceptors (Lipinski definition) is 3. The molecule has 0 heterocycles. The zero-order valence-corrected chi connectivity index (χ0v) is 24.2. The Kier molecular flexibility index (Phi) is 14.7. The van der Waals surface area contributed by atoms with E-state index in [0.717, 1.165) is 24.0 Å². The van der Waals surface area contributed by atoms with Gasteiger partial charge in [0, 0.05) is 17.5 Å². The Morgan fingerprint density at radius 2 is 1.00 bits per heavy atom. The van der Waals surface area contributed by atoms with Crippen LogP contribution in [0.2, 0.25) is 0 Å². The molecule has 1 aromatic rings. The summed E-state index contributed by atoms with van der Waals surface area (Å²) in [5, 5.41) is 10.8. The minimum Gasteiger partial charge on any atom is -0.507 e. The molecule has 0 radical (unpaired) electrons. The maximum atomic E-state index is 12.5. The molecule has 3 nitrogen and oxygen atoms in total. The third-order valence-corrected chi connectivity index (χ3v) is 6.92. The van der Waals surface area contributed by atoms with E-state index < -0.39 is 0 Å². The fourth-order valence-corrected chi connectivity index (χ4v) is 4.63. The number of benzene rings is 1. The maximum Gasteiger partial charge on any atom is 0.311 e. The van der Waals surface area contributed by atoms with Crippen LogP contribution in [0.3, 0.4) is 0 Å². The molecule has 0 saturated carbocycles. The summed E-state index contributed by atoms with van der Waals surface area (Å²) in [5.74, 6) is 0.681. The highest BCUT2D eigenvalue weighted by Crippen LogP contribution is 2.41. The van der Waals surface area contributed by atoms with Crippen LogP contribution in [-0.4, -0.2) is 11.1 Å². The van der Waals surface area contributed by atoms with Crippen LogP contribution in [0, 0.1) is 0 Å². The molecule has 0 amide bonds. The van der Waals surface area contributed by atoms with Gasteiger partial charge in [0.2, 0.25) is 0 Å². The van der Waals surface area contributed by atoms with Gasteiger partial charge in [0.15, 0.2) is 0 Å². The lowest BCUT2D eigenvalue weighted by Crippen LogP contribution is -2.18. The first-order valence-electron chi connectivity index (χ1n) is 14.6. The average Bonchev–Trinajstić information content (AvgIpc) is 2.76. The number of unbranched alkanes of at least 4 members (excludes halogenated alkanes) is 14. The Labute approximate surface area is 217 Å². The number of carbonyl (C=O) groups is 1. The molecule has 0 atom stereocenters. The number of rotatable bonds is 17. The van der Waals surface area contributed by atoms with Crippen molar-refractivity contribution in [2.45, 2.75) is 162 Å². The predicted molar refractivity (Wildman–Crippen MR) is 151 cm³/mol. The van der Waals surface area contributed by atoms with Gasteiger partial charge in [-0.15, -0.1) is 0 Å². The van der Waals surface area contributed by atoms with E-state index in [2.05, 4.69) is 48.5 Å². The van der Waals surface area contributed by atoms with Crippen molar-refractivity contribution in [2.24, 2.45) is 0 Å². The Hall–Kier alpha value is -1.51. The maximum absolute atomic E-state index is 12.5. The molecule has 0 bridgehead atoms. The van der Waals surface area contributed by atoms with E-state index in [-0.39, 0.29) is 16.8 Å². The molecule has 0 aliphatic carbocycles. The van der Waals surface area contributed by atoms with Gasteiger partial charge in [-0.2, -0.15) is 0 Å². The van der Waals surface area contributed by atoms with Crippen molar-refractivity contribution in [3.8, 4) is 11.5 Å². The first kappa shape index (κ1) is 31.5. The lowest BCUT2D eigenvalue weighted by Gasteiger charge is -2.27. The molecule has 0 aliphatic rings. The van der Waals surface area contributed by atoms with Gasteiger partial charge in [-0.05, 0) is 29.4 Å². The topological polar surface area (TPSA) is 46.5 Å². The molecule has 1 rings (SSSR count).